The van der Waals surface area contributed by atoms with Crippen molar-refractivity contribution in [3.8, 4) is 0 Å². The molecule has 0 bridgehead atoms. The number of rotatable bonds is 6. The van der Waals surface area contributed by atoms with Gasteiger partial charge in [-0.25, -0.2) is 4.39 Å². The smallest absolute Gasteiger partial charge is 0.274 e. The molecule has 8 heteroatoms. The Bertz CT molecular complexity index is 1060. The highest BCUT2D eigenvalue weighted by Gasteiger charge is 2.18. The molecule has 162 valence electrons. The molecule has 31 heavy (non-hydrogen) atoms. The number of anilines is 3. The molecular formula is C23H27FN6O. The monoisotopic (exact) mass is 422 g/mol. The molecule has 0 spiro atoms. The van der Waals surface area contributed by atoms with Gasteiger partial charge in [-0.3, -0.25) is 14.7 Å². The molecule has 2 heterocycles. The summed E-state index contributed by atoms with van der Waals surface area (Å²) < 4.78 is 13.0. The van der Waals surface area contributed by atoms with Gasteiger partial charge in [0.15, 0.2) is 0 Å². The summed E-state index contributed by atoms with van der Waals surface area (Å²) in [6.07, 6.45) is 0.293. The number of nitrogens with one attached hydrogen (secondary N) is 2. The quantitative estimate of drug-likeness (QED) is 0.636. The molecule has 4 rings (SSSR count). The summed E-state index contributed by atoms with van der Waals surface area (Å²) in [4.78, 5) is 19.9. The zero-order valence-corrected chi connectivity index (χ0v) is 17.8. The van der Waals surface area contributed by atoms with Crippen LogP contribution >= 0.6 is 0 Å². The van der Waals surface area contributed by atoms with Crippen molar-refractivity contribution >= 4 is 17.3 Å². The molecule has 2 aromatic carbocycles. The number of halogens is 1. The first-order valence-electron chi connectivity index (χ1n) is 10.5. The van der Waals surface area contributed by atoms with Crippen molar-refractivity contribution in [2.24, 2.45) is 0 Å². The molecule has 1 aliphatic heterocycles. The van der Waals surface area contributed by atoms with E-state index in [4.69, 9.17) is 0 Å². The van der Waals surface area contributed by atoms with Crippen LogP contribution in [0.15, 0.2) is 53.3 Å². The van der Waals surface area contributed by atoms with Crippen LogP contribution in [0.25, 0.3) is 0 Å². The fraction of sp³-hybridized carbons (Fsp3) is 0.348. The third kappa shape index (κ3) is 5.27. The van der Waals surface area contributed by atoms with Crippen molar-refractivity contribution in [2.45, 2.75) is 26.3 Å². The molecule has 7 nitrogen and oxygen atoms in total. The van der Waals surface area contributed by atoms with E-state index in [1.165, 1.54) is 17.8 Å². The van der Waals surface area contributed by atoms with E-state index >= 15 is 0 Å². The van der Waals surface area contributed by atoms with Crippen LogP contribution in [0.1, 0.15) is 25.1 Å². The summed E-state index contributed by atoms with van der Waals surface area (Å²) in [5, 5.41) is 11.2. The van der Waals surface area contributed by atoms with Crippen molar-refractivity contribution in [3.05, 3.63) is 76.0 Å². The predicted molar refractivity (Wildman–Crippen MR) is 121 cm³/mol. The molecule has 1 fully saturated rings. The zero-order chi connectivity index (χ0) is 21.8. The number of aromatic amines is 1. The Balaban J connectivity index is 1.37. The van der Waals surface area contributed by atoms with Gasteiger partial charge in [0, 0.05) is 50.0 Å². The second kappa shape index (κ2) is 9.26. The minimum atomic E-state index is -0.318. The zero-order valence-electron chi connectivity index (χ0n) is 17.8. The van der Waals surface area contributed by atoms with E-state index in [0.29, 0.717) is 12.5 Å². The van der Waals surface area contributed by atoms with E-state index in [1.807, 2.05) is 12.1 Å². The average molecular weight is 423 g/mol. The van der Waals surface area contributed by atoms with Gasteiger partial charge in [-0.1, -0.05) is 12.1 Å². The molecule has 0 radical (unpaired) electrons. The Hall–Kier alpha value is -3.26. The first-order valence-corrected chi connectivity index (χ1v) is 10.5. The Morgan fingerprint density at radius 2 is 1.68 bits per heavy atom. The van der Waals surface area contributed by atoms with Gasteiger partial charge < -0.3 is 10.2 Å². The molecular weight excluding hydrogens is 395 g/mol. The average Bonchev–Trinajstić information content (AvgIpc) is 2.78. The summed E-state index contributed by atoms with van der Waals surface area (Å²) in [6.45, 7) is 8.63. The second-order valence-corrected chi connectivity index (χ2v) is 8.04. The van der Waals surface area contributed by atoms with Crippen LogP contribution in [-0.4, -0.2) is 52.3 Å². The van der Waals surface area contributed by atoms with Gasteiger partial charge in [-0.2, -0.15) is 0 Å². The molecule has 0 aliphatic carbocycles. The Kier molecular flexibility index (Phi) is 6.27. The van der Waals surface area contributed by atoms with Crippen LogP contribution < -0.4 is 15.8 Å². The summed E-state index contributed by atoms with van der Waals surface area (Å²) in [7, 11) is 0. The molecule has 3 aromatic rings. The number of hydrogen-bond donors (Lipinski definition) is 2. The Morgan fingerprint density at radius 3 is 2.29 bits per heavy atom. The van der Waals surface area contributed by atoms with E-state index in [9.17, 15) is 9.18 Å². The van der Waals surface area contributed by atoms with Crippen molar-refractivity contribution in [2.75, 3.05) is 36.4 Å². The standard InChI is InChI=1S/C23H27FN6O/c1-16(2)29-11-13-30(14-12-29)20-9-7-19(8-10-20)25-23-26-22(31)21(27-28-23)15-17-3-5-18(24)6-4-17/h3-10,16H,11-15H2,1-2H3,(H2,25,26,28,31). The lowest BCUT2D eigenvalue weighted by molar-refractivity contribution is 0.209. The number of hydrogen-bond acceptors (Lipinski definition) is 6. The van der Waals surface area contributed by atoms with Gasteiger partial charge in [0.05, 0.1) is 0 Å². The summed E-state index contributed by atoms with van der Waals surface area (Å²) in [6, 6.07) is 14.6. The third-order valence-electron chi connectivity index (χ3n) is 5.59. The van der Waals surface area contributed by atoms with Crippen LogP contribution in [0.3, 0.4) is 0 Å². The molecule has 0 atom stereocenters. The van der Waals surface area contributed by atoms with E-state index in [0.717, 1.165) is 37.4 Å². The van der Waals surface area contributed by atoms with Crippen molar-refractivity contribution in [1.29, 1.82) is 0 Å². The van der Waals surface area contributed by atoms with E-state index in [1.54, 1.807) is 12.1 Å². The van der Waals surface area contributed by atoms with Crippen molar-refractivity contribution < 1.29 is 4.39 Å². The molecule has 1 saturated heterocycles. The van der Waals surface area contributed by atoms with Crippen molar-refractivity contribution in [1.82, 2.24) is 20.1 Å². The van der Waals surface area contributed by atoms with Gasteiger partial charge in [0.2, 0.25) is 5.95 Å². The highest BCUT2D eigenvalue weighted by atomic mass is 19.1. The van der Waals surface area contributed by atoms with Crippen LogP contribution in [0.5, 0.6) is 0 Å². The van der Waals surface area contributed by atoms with Crippen LogP contribution in [0.4, 0.5) is 21.7 Å². The van der Waals surface area contributed by atoms with Gasteiger partial charge in [0.1, 0.15) is 11.5 Å². The van der Waals surface area contributed by atoms with E-state index in [-0.39, 0.29) is 23.0 Å². The highest BCUT2D eigenvalue weighted by molar-refractivity contribution is 5.59. The molecule has 0 amide bonds. The lowest BCUT2D eigenvalue weighted by Gasteiger charge is -2.38. The number of nitrogens with zero attached hydrogens (tertiary/aromatic N) is 4. The molecule has 0 unspecified atom stereocenters. The van der Waals surface area contributed by atoms with Crippen LogP contribution in [0, 0.1) is 5.82 Å². The predicted octanol–water partition coefficient (Wildman–Crippen LogP) is 3.17. The van der Waals surface area contributed by atoms with Crippen LogP contribution in [0.2, 0.25) is 0 Å². The number of benzene rings is 2. The third-order valence-corrected chi connectivity index (χ3v) is 5.59. The van der Waals surface area contributed by atoms with Gasteiger partial charge in [-0.15, -0.1) is 10.2 Å². The van der Waals surface area contributed by atoms with E-state index < -0.39 is 0 Å². The SMILES string of the molecule is CC(C)N1CCN(c2ccc(Nc3nnc(Cc4ccc(F)cc4)c(=O)[nH]3)cc2)CC1. The largest absolute Gasteiger partial charge is 0.369 e. The number of aromatic nitrogens is 3. The number of H-pyrrole nitrogens is 1. The lowest BCUT2D eigenvalue weighted by Crippen LogP contribution is -2.48. The van der Waals surface area contributed by atoms with Crippen molar-refractivity contribution in [3.63, 3.8) is 0 Å². The molecule has 0 saturated carbocycles. The van der Waals surface area contributed by atoms with Gasteiger partial charge in [-0.05, 0) is 55.8 Å². The fourth-order valence-electron chi connectivity index (χ4n) is 3.72. The summed E-state index contributed by atoms with van der Waals surface area (Å²) in [5.41, 5.74) is 2.77. The maximum Gasteiger partial charge on any atom is 0.274 e. The summed E-state index contributed by atoms with van der Waals surface area (Å²) >= 11 is 0. The minimum Gasteiger partial charge on any atom is -0.369 e. The first-order chi connectivity index (χ1) is 15.0. The minimum absolute atomic E-state index is 0.283. The number of piperazine rings is 1. The second-order valence-electron chi connectivity index (χ2n) is 8.04. The molecule has 2 N–H and O–H groups in total. The van der Waals surface area contributed by atoms with E-state index in [2.05, 4.69) is 56.3 Å². The molecule has 1 aliphatic rings. The highest BCUT2D eigenvalue weighted by Crippen LogP contribution is 2.21. The molecule has 1 aromatic heterocycles. The Labute approximate surface area is 180 Å². The van der Waals surface area contributed by atoms with Crippen LogP contribution in [-0.2, 0) is 6.42 Å². The van der Waals surface area contributed by atoms with Gasteiger partial charge in [0.25, 0.3) is 5.56 Å². The Morgan fingerprint density at radius 1 is 1.00 bits per heavy atom. The summed E-state index contributed by atoms with van der Waals surface area (Å²) in [5.74, 6) is -0.0294. The van der Waals surface area contributed by atoms with Gasteiger partial charge >= 0.3 is 0 Å². The topological polar surface area (TPSA) is 77.2 Å². The maximum absolute atomic E-state index is 13.0. The fourth-order valence-corrected chi connectivity index (χ4v) is 3.72. The maximum atomic E-state index is 13.0. The lowest BCUT2D eigenvalue weighted by atomic mass is 10.1. The first kappa shape index (κ1) is 21.0. The normalized spacial score (nSPS) is 14.8.